The van der Waals surface area contributed by atoms with Crippen LogP contribution in [0.5, 0.6) is 5.75 Å². The molecule has 0 unspecified atom stereocenters. The van der Waals surface area contributed by atoms with Crippen LogP contribution in [0.4, 0.5) is 0 Å². The molecular formula is C19H20O6. The molecule has 2 atom stereocenters. The van der Waals surface area contributed by atoms with Gasteiger partial charge in [-0.15, -0.1) is 0 Å². The number of aliphatic hydroxyl groups is 1. The van der Waals surface area contributed by atoms with E-state index in [-0.39, 0.29) is 0 Å². The van der Waals surface area contributed by atoms with E-state index in [1.165, 1.54) is 12.1 Å². The van der Waals surface area contributed by atoms with Crippen molar-refractivity contribution in [3.63, 3.8) is 0 Å². The Kier molecular flexibility index (Phi) is 4.16. The van der Waals surface area contributed by atoms with Gasteiger partial charge in [-0.3, -0.25) is 0 Å². The number of ether oxygens (including phenoxy) is 2. The lowest BCUT2D eigenvalue weighted by Gasteiger charge is -2.29. The predicted octanol–water partition coefficient (Wildman–Crippen LogP) is 2.88. The third-order valence-corrected chi connectivity index (χ3v) is 3.95. The number of benzene rings is 1. The Morgan fingerprint density at radius 1 is 1.24 bits per heavy atom. The SMILES string of the molecule is CC(C)=CC(=O)O[C@@H]1c2c(ccc3ccc(=O)oc23)O[C@@H]1C(C)(C)O. The van der Waals surface area contributed by atoms with E-state index in [9.17, 15) is 14.7 Å². The summed E-state index contributed by atoms with van der Waals surface area (Å²) in [7, 11) is 0. The number of allylic oxidation sites excluding steroid dienone is 1. The summed E-state index contributed by atoms with van der Waals surface area (Å²) in [5, 5.41) is 11.1. The van der Waals surface area contributed by atoms with Crippen LogP contribution in [0.2, 0.25) is 0 Å². The van der Waals surface area contributed by atoms with Crippen LogP contribution in [0, 0.1) is 0 Å². The second kappa shape index (κ2) is 6.04. The van der Waals surface area contributed by atoms with Crippen molar-refractivity contribution in [3.8, 4) is 5.75 Å². The Balaban J connectivity index is 2.16. The second-order valence-electron chi connectivity index (χ2n) is 6.92. The van der Waals surface area contributed by atoms with Crippen LogP contribution in [0.1, 0.15) is 39.4 Å². The molecule has 0 saturated heterocycles. The molecule has 1 aliphatic rings. The molecule has 1 N–H and O–H groups in total. The van der Waals surface area contributed by atoms with E-state index >= 15 is 0 Å². The molecule has 6 nitrogen and oxygen atoms in total. The maximum absolute atomic E-state index is 12.2. The molecule has 2 heterocycles. The molecule has 0 aliphatic carbocycles. The Bertz CT molecular complexity index is 912. The van der Waals surface area contributed by atoms with Gasteiger partial charge in [0.05, 0.1) is 11.2 Å². The van der Waals surface area contributed by atoms with Crippen LogP contribution < -0.4 is 10.4 Å². The fourth-order valence-electron chi connectivity index (χ4n) is 2.89. The lowest BCUT2D eigenvalue weighted by molar-refractivity contribution is -0.154. The first-order valence-electron chi connectivity index (χ1n) is 7.98. The minimum absolute atomic E-state index is 0.298. The number of rotatable bonds is 3. The van der Waals surface area contributed by atoms with E-state index in [2.05, 4.69) is 0 Å². The summed E-state index contributed by atoms with van der Waals surface area (Å²) in [6.07, 6.45) is -0.360. The van der Waals surface area contributed by atoms with E-state index in [0.717, 1.165) is 5.57 Å². The average Bonchev–Trinajstić information content (AvgIpc) is 2.85. The number of carbonyl (C=O) groups is 1. The normalized spacial score (nSPS) is 19.2. The van der Waals surface area contributed by atoms with E-state index in [1.54, 1.807) is 45.9 Å². The molecule has 2 aromatic rings. The number of hydrogen-bond acceptors (Lipinski definition) is 6. The Morgan fingerprint density at radius 2 is 1.92 bits per heavy atom. The van der Waals surface area contributed by atoms with Gasteiger partial charge in [-0.25, -0.2) is 9.59 Å². The van der Waals surface area contributed by atoms with E-state index < -0.39 is 29.4 Å². The van der Waals surface area contributed by atoms with Gasteiger partial charge >= 0.3 is 11.6 Å². The van der Waals surface area contributed by atoms with E-state index in [4.69, 9.17) is 13.9 Å². The highest BCUT2D eigenvalue weighted by Crippen LogP contribution is 2.46. The fraction of sp³-hybridized carbons (Fsp3) is 0.368. The largest absolute Gasteiger partial charge is 0.483 e. The third-order valence-electron chi connectivity index (χ3n) is 3.95. The molecule has 0 saturated carbocycles. The number of fused-ring (bicyclic) bond motifs is 3. The molecular weight excluding hydrogens is 324 g/mol. The summed E-state index contributed by atoms with van der Waals surface area (Å²) >= 11 is 0. The first-order valence-corrected chi connectivity index (χ1v) is 7.98. The first-order chi connectivity index (χ1) is 11.7. The molecule has 6 heteroatoms. The molecule has 25 heavy (non-hydrogen) atoms. The highest BCUT2D eigenvalue weighted by molar-refractivity contribution is 5.86. The van der Waals surface area contributed by atoms with Crippen LogP contribution in [-0.4, -0.2) is 22.8 Å². The molecule has 132 valence electrons. The van der Waals surface area contributed by atoms with Crippen LogP contribution in [0.25, 0.3) is 11.0 Å². The zero-order valence-corrected chi connectivity index (χ0v) is 14.5. The Hall–Kier alpha value is -2.60. The zero-order chi connectivity index (χ0) is 18.4. The van der Waals surface area contributed by atoms with Crippen molar-refractivity contribution in [2.45, 2.75) is 45.5 Å². The Labute approximate surface area is 144 Å². The van der Waals surface area contributed by atoms with Crippen molar-refractivity contribution in [3.05, 3.63) is 51.9 Å². The van der Waals surface area contributed by atoms with Gasteiger partial charge in [-0.1, -0.05) is 5.57 Å². The molecule has 3 rings (SSSR count). The van der Waals surface area contributed by atoms with Crippen molar-refractivity contribution < 1.29 is 23.8 Å². The Morgan fingerprint density at radius 3 is 2.56 bits per heavy atom. The molecule has 0 spiro atoms. The summed E-state index contributed by atoms with van der Waals surface area (Å²) < 4.78 is 16.7. The number of esters is 1. The van der Waals surface area contributed by atoms with Crippen LogP contribution in [0.3, 0.4) is 0 Å². The van der Waals surface area contributed by atoms with Crippen LogP contribution >= 0.6 is 0 Å². The molecule has 0 bridgehead atoms. The average molecular weight is 344 g/mol. The predicted molar refractivity (Wildman–Crippen MR) is 91.5 cm³/mol. The third kappa shape index (κ3) is 3.30. The van der Waals surface area contributed by atoms with Gasteiger partial charge in [0.25, 0.3) is 0 Å². The number of hydrogen-bond donors (Lipinski definition) is 1. The second-order valence-corrected chi connectivity index (χ2v) is 6.92. The van der Waals surface area contributed by atoms with Gasteiger partial charge in [0.2, 0.25) is 0 Å². The van der Waals surface area contributed by atoms with E-state index in [0.29, 0.717) is 22.3 Å². The highest BCUT2D eigenvalue weighted by atomic mass is 16.6. The maximum Gasteiger partial charge on any atom is 0.336 e. The monoisotopic (exact) mass is 344 g/mol. The lowest BCUT2D eigenvalue weighted by atomic mass is 9.93. The molecule has 1 aliphatic heterocycles. The molecule has 0 radical (unpaired) electrons. The highest BCUT2D eigenvalue weighted by Gasteiger charge is 2.47. The summed E-state index contributed by atoms with van der Waals surface area (Å²) in [4.78, 5) is 23.8. The van der Waals surface area contributed by atoms with Crippen LogP contribution in [0.15, 0.2) is 45.1 Å². The van der Waals surface area contributed by atoms with Crippen LogP contribution in [-0.2, 0) is 9.53 Å². The van der Waals surface area contributed by atoms with Gasteiger partial charge in [-0.05, 0) is 45.9 Å². The van der Waals surface area contributed by atoms with Gasteiger partial charge < -0.3 is 19.0 Å². The zero-order valence-electron chi connectivity index (χ0n) is 14.5. The van der Waals surface area contributed by atoms with Gasteiger partial charge in [-0.2, -0.15) is 0 Å². The summed E-state index contributed by atoms with van der Waals surface area (Å²) in [5.74, 6) is -0.130. The molecule has 0 amide bonds. The van der Waals surface area contributed by atoms with Crippen molar-refractivity contribution in [2.24, 2.45) is 0 Å². The molecule has 1 aromatic carbocycles. The first kappa shape index (κ1) is 17.2. The van der Waals surface area contributed by atoms with Crippen molar-refractivity contribution in [1.82, 2.24) is 0 Å². The van der Waals surface area contributed by atoms with Gasteiger partial charge in [0, 0.05) is 17.5 Å². The minimum atomic E-state index is -1.28. The smallest absolute Gasteiger partial charge is 0.336 e. The van der Waals surface area contributed by atoms with Crippen molar-refractivity contribution in [1.29, 1.82) is 0 Å². The van der Waals surface area contributed by atoms with Gasteiger partial charge in [0.15, 0.2) is 12.2 Å². The fourth-order valence-corrected chi connectivity index (χ4v) is 2.89. The summed E-state index contributed by atoms with van der Waals surface area (Å²) in [6.45, 7) is 6.71. The summed E-state index contributed by atoms with van der Waals surface area (Å²) in [5.41, 5.74) is -0.254. The lowest BCUT2D eigenvalue weighted by Crippen LogP contribution is -2.43. The quantitative estimate of drug-likeness (QED) is 0.523. The standard InChI is InChI=1S/C19H20O6/c1-10(2)9-14(21)25-17-15-12(23-18(17)19(3,4)22)7-5-11-6-8-13(20)24-16(11)15/h5-9,17-18,22H,1-4H3/t17-,18+/m1/s1. The van der Waals surface area contributed by atoms with Crippen molar-refractivity contribution >= 4 is 16.9 Å². The van der Waals surface area contributed by atoms with Gasteiger partial charge in [0.1, 0.15) is 11.3 Å². The molecule has 1 aromatic heterocycles. The topological polar surface area (TPSA) is 86.0 Å². The van der Waals surface area contributed by atoms with E-state index in [1.807, 2.05) is 0 Å². The maximum atomic E-state index is 12.2. The minimum Gasteiger partial charge on any atom is -0.483 e. The summed E-state index contributed by atoms with van der Waals surface area (Å²) in [6, 6.07) is 6.42. The number of carbonyl (C=O) groups excluding carboxylic acids is 1. The van der Waals surface area contributed by atoms with Crippen molar-refractivity contribution in [2.75, 3.05) is 0 Å². The molecule has 0 fully saturated rings.